The summed E-state index contributed by atoms with van der Waals surface area (Å²) in [5.41, 5.74) is 0.601. The van der Waals surface area contributed by atoms with Crippen LogP contribution >= 0.6 is 0 Å². The van der Waals surface area contributed by atoms with Gasteiger partial charge in [0.05, 0.1) is 23.9 Å². The van der Waals surface area contributed by atoms with Crippen LogP contribution in [0, 0.1) is 5.92 Å². The maximum Gasteiger partial charge on any atom is 0.241 e. The summed E-state index contributed by atoms with van der Waals surface area (Å²) in [4.78, 5) is 23.6. The minimum absolute atomic E-state index is 0.0142. The average molecular weight is 294 g/mol. The molecule has 1 fully saturated rings. The summed E-state index contributed by atoms with van der Waals surface area (Å²) in [6, 6.07) is 0. The molecule has 1 aliphatic heterocycles. The second-order valence-electron chi connectivity index (χ2n) is 5.16. The van der Waals surface area contributed by atoms with Crippen LogP contribution in [0.25, 0.3) is 0 Å². The van der Waals surface area contributed by atoms with Crippen LogP contribution in [0.4, 0.5) is 5.69 Å². The van der Waals surface area contributed by atoms with Crippen LogP contribution in [0.1, 0.15) is 26.2 Å². The molecule has 2 atom stereocenters. The van der Waals surface area contributed by atoms with Gasteiger partial charge < -0.3 is 15.4 Å². The molecule has 1 aliphatic rings. The molecular formula is C14H22N4O3. The van der Waals surface area contributed by atoms with E-state index in [1.54, 1.807) is 19.4 Å². The van der Waals surface area contributed by atoms with Crippen molar-refractivity contribution in [3.8, 4) is 0 Å². The lowest BCUT2D eigenvalue weighted by Crippen LogP contribution is -2.37. The number of anilines is 1. The number of nitrogens with zero attached hydrogens (tertiary/aromatic N) is 2. The molecule has 0 aliphatic carbocycles. The summed E-state index contributed by atoms with van der Waals surface area (Å²) in [6.45, 7) is 2.89. The fourth-order valence-corrected chi connectivity index (χ4v) is 2.52. The van der Waals surface area contributed by atoms with Crippen molar-refractivity contribution in [2.45, 2.75) is 38.8 Å². The van der Waals surface area contributed by atoms with Crippen LogP contribution in [0.5, 0.6) is 0 Å². The van der Waals surface area contributed by atoms with Crippen molar-refractivity contribution in [3.63, 3.8) is 0 Å². The number of carbonyl (C=O) groups excluding carboxylic acids is 2. The molecule has 0 radical (unpaired) electrons. The fourth-order valence-electron chi connectivity index (χ4n) is 2.52. The van der Waals surface area contributed by atoms with E-state index in [-0.39, 0.29) is 30.4 Å². The lowest BCUT2D eigenvalue weighted by atomic mass is 9.92. The molecule has 0 unspecified atom stereocenters. The zero-order chi connectivity index (χ0) is 15.2. The molecule has 1 aromatic rings. The highest BCUT2D eigenvalue weighted by Gasteiger charge is 2.30. The van der Waals surface area contributed by atoms with Crippen molar-refractivity contribution >= 4 is 17.5 Å². The van der Waals surface area contributed by atoms with Gasteiger partial charge in [0.2, 0.25) is 11.8 Å². The number of ether oxygens (including phenoxy) is 1. The van der Waals surface area contributed by atoms with Crippen molar-refractivity contribution in [1.82, 2.24) is 15.1 Å². The van der Waals surface area contributed by atoms with Gasteiger partial charge in [-0.3, -0.25) is 14.3 Å². The standard InChI is InChI=1S/C14H22N4O3/c1-3-12-11(5-4-6-21-12)14(20)17-10-7-16-18(8-10)9-13(19)15-2/h7-8,11-12H,3-6,9H2,1-2H3,(H,15,19)(H,17,20)/t11-,12+/m0/s1. The molecule has 0 spiro atoms. The number of nitrogens with one attached hydrogen (secondary N) is 2. The van der Waals surface area contributed by atoms with Crippen molar-refractivity contribution < 1.29 is 14.3 Å². The smallest absolute Gasteiger partial charge is 0.241 e. The minimum atomic E-state index is -0.136. The zero-order valence-electron chi connectivity index (χ0n) is 12.5. The normalized spacial score (nSPS) is 21.8. The Bertz CT molecular complexity index is 500. The Balaban J connectivity index is 1.94. The Morgan fingerprint density at radius 1 is 1.52 bits per heavy atom. The summed E-state index contributed by atoms with van der Waals surface area (Å²) >= 11 is 0. The van der Waals surface area contributed by atoms with E-state index in [1.807, 2.05) is 6.92 Å². The molecule has 0 bridgehead atoms. The second-order valence-corrected chi connectivity index (χ2v) is 5.16. The largest absolute Gasteiger partial charge is 0.377 e. The van der Waals surface area contributed by atoms with E-state index in [4.69, 9.17) is 4.74 Å². The lowest BCUT2D eigenvalue weighted by Gasteiger charge is -2.29. The highest BCUT2D eigenvalue weighted by molar-refractivity contribution is 5.92. The van der Waals surface area contributed by atoms with Crippen LogP contribution in [-0.2, 0) is 20.9 Å². The zero-order valence-corrected chi connectivity index (χ0v) is 12.5. The van der Waals surface area contributed by atoms with Gasteiger partial charge in [-0.05, 0) is 19.3 Å². The predicted octanol–water partition coefficient (Wildman–Crippen LogP) is 0.773. The van der Waals surface area contributed by atoms with Gasteiger partial charge in [0.1, 0.15) is 6.54 Å². The topological polar surface area (TPSA) is 85.2 Å². The van der Waals surface area contributed by atoms with E-state index < -0.39 is 0 Å². The van der Waals surface area contributed by atoms with Gasteiger partial charge in [-0.25, -0.2) is 0 Å². The molecule has 2 rings (SSSR count). The third-order valence-electron chi connectivity index (χ3n) is 3.66. The maximum atomic E-state index is 12.3. The number of rotatable bonds is 5. The van der Waals surface area contributed by atoms with Crippen molar-refractivity contribution in [1.29, 1.82) is 0 Å². The third kappa shape index (κ3) is 4.04. The van der Waals surface area contributed by atoms with Crippen molar-refractivity contribution in [3.05, 3.63) is 12.4 Å². The van der Waals surface area contributed by atoms with Crippen LogP contribution in [-0.4, -0.2) is 41.4 Å². The minimum Gasteiger partial charge on any atom is -0.377 e. The fraction of sp³-hybridized carbons (Fsp3) is 0.643. The van der Waals surface area contributed by atoms with E-state index in [0.29, 0.717) is 5.69 Å². The predicted molar refractivity (Wildman–Crippen MR) is 77.7 cm³/mol. The number of carbonyl (C=O) groups is 2. The highest BCUT2D eigenvalue weighted by Crippen LogP contribution is 2.24. The van der Waals surface area contributed by atoms with Gasteiger partial charge in [0.15, 0.2) is 0 Å². The summed E-state index contributed by atoms with van der Waals surface area (Å²) in [7, 11) is 1.57. The van der Waals surface area contributed by atoms with Gasteiger partial charge in [0.25, 0.3) is 0 Å². The molecule has 1 saturated heterocycles. The third-order valence-corrected chi connectivity index (χ3v) is 3.66. The number of amides is 2. The van der Waals surface area contributed by atoms with E-state index in [0.717, 1.165) is 25.9 Å². The van der Waals surface area contributed by atoms with Gasteiger partial charge in [-0.2, -0.15) is 5.10 Å². The quantitative estimate of drug-likeness (QED) is 0.840. The number of hydrogen-bond acceptors (Lipinski definition) is 4. The highest BCUT2D eigenvalue weighted by atomic mass is 16.5. The molecule has 116 valence electrons. The van der Waals surface area contributed by atoms with E-state index in [9.17, 15) is 9.59 Å². The molecule has 1 aromatic heterocycles. The molecule has 2 N–H and O–H groups in total. The number of aromatic nitrogens is 2. The van der Waals surface area contributed by atoms with Gasteiger partial charge in [-0.1, -0.05) is 6.92 Å². The molecule has 21 heavy (non-hydrogen) atoms. The average Bonchev–Trinajstić information content (AvgIpc) is 2.93. The number of likely N-dealkylation sites (N-methyl/N-ethyl adjacent to an activating group) is 1. The Morgan fingerprint density at radius 3 is 3.05 bits per heavy atom. The van der Waals surface area contributed by atoms with Crippen LogP contribution < -0.4 is 10.6 Å². The molecule has 7 nitrogen and oxygen atoms in total. The Morgan fingerprint density at radius 2 is 2.33 bits per heavy atom. The van der Waals surface area contributed by atoms with Gasteiger partial charge in [-0.15, -0.1) is 0 Å². The summed E-state index contributed by atoms with van der Waals surface area (Å²) in [5, 5.41) is 9.43. The molecule has 0 saturated carbocycles. The first-order chi connectivity index (χ1) is 10.1. The first kappa shape index (κ1) is 15.5. The Hall–Kier alpha value is -1.89. The van der Waals surface area contributed by atoms with Crippen LogP contribution in [0.2, 0.25) is 0 Å². The number of hydrogen-bond donors (Lipinski definition) is 2. The molecular weight excluding hydrogens is 272 g/mol. The monoisotopic (exact) mass is 294 g/mol. The van der Waals surface area contributed by atoms with E-state index in [2.05, 4.69) is 15.7 Å². The summed E-state index contributed by atoms with van der Waals surface area (Å²) in [5.74, 6) is -0.296. The molecule has 2 heterocycles. The Kier molecular flexibility index (Phi) is 5.32. The van der Waals surface area contributed by atoms with Gasteiger partial charge in [0, 0.05) is 19.9 Å². The molecule has 7 heteroatoms. The Labute approximate surface area is 124 Å². The van der Waals surface area contributed by atoms with E-state index in [1.165, 1.54) is 4.68 Å². The second kappa shape index (κ2) is 7.21. The summed E-state index contributed by atoms with van der Waals surface area (Å²) in [6.07, 6.45) is 5.76. The van der Waals surface area contributed by atoms with Crippen molar-refractivity contribution in [2.24, 2.45) is 5.92 Å². The van der Waals surface area contributed by atoms with E-state index >= 15 is 0 Å². The van der Waals surface area contributed by atoms with Gasteiger partial charge >= 0.3 is 0 Å². The molecule has 0 aromatic carbocycles. The first-order valence-electron chi connectivity index (χ1n) is 7.29. The van der Waals surface area contributed by atoms with Crippen LogP contribution in [0.15, 0.2) is 12.4 Å². The van der Waals surface area contributed by atoms with Crippen molar-refractivity contribution in [2.75, 3.05) is 19.0 Å². The maximum absolute atomic E-state index is 12.3. The summed E-state index contributed by atoms with van der Waals surface area (Å²) < 4.78 is 7.13. The lowest BCUT2D eigenvalue weighted by molar-refractivity contribution is -0.129. The molecule has 2 amide bonds. The SMILES string of the molecule is CC[C@H]1OCCC[C@@H]1C(=O)Nc1cnn(CC(=O)NC)c1. The first-order valence-corrected chi connectivity index (χ1v) is 7.29. The van der Waals surface area contributed by atoms with Crippen LogP contribution in [0.3, 0.4) is 0 Å².